The number of nitrogens with one attached hydrogen (secondary N) is 1. The van der Waals surface area contributed by atoms with Gasteiger partial charge in [-0.15, -0.1) is 0 Å². The van der Waals surface area contributed by atoms with Crippen molar-refractivity contribution in [1.29, 1.82) is 0 Å². The summed E-state index contributed by atoms with van der Waals surface area (Å²) in [6, 6.07) is 16.5. The van der Waals surface area contributed by atoms with Crippen LogP contribution in [0.5, 0.6) is 0 Å². The summed E-state index contributed by atoms with van der Waals surface area (Å²) >= 11 is 0. The van der Waals surface area contributed by atoms with Gasteiger partial charge in [0.25, 0.3) is 5.91 Å². The molecule has 24 heavy (non-hydrogen) atoms. The molecule has 0 radical (unpaired) electrons. The van der Waals surface area contributed by atoms with Crippen LogP contribution in [-0.4, -0.2) is 27.1 Å². The van der Waals surface area contributed by atoms with Gasteiger partial charge in [-0.3, -0.25) is 4.79 Å². The van der Waals surface area contributed by atoms with Gasteiger partial charge >= 0.3 is 0 Å². The molecule has 5 heteroatoms. The van der Waals surface area contributed by atoms with E-state index in [1.165, 1.54) is 11.6 Å². The number of hydrogen-bond donors (Lipinski definition) is 1. The van der Waals surface area contributed by atoms with Crippen LogP contribution in [0.3, 0.4) is 0 Å². The van der Waals surface area contributed by atoms with E-state index in [0.717, 1.165) is 25.5 Å². The highest BCUT2D eigenvalue weighted by molar-refractivity contribution is 7.90. The van der Waals surface area contributed by atoms with Gasteiger partial charge in [-0.25, -0.2) is 8.42 Å². The molecule has 3 rings (SSSR count). The topological polar surface area (TPSA) is 63.2 Å². The fourth-order valence-electron chi connectivity index (χ4n) is 3.29. The van der Waals surface area contributed by atoms with Gasteiger partial charge in [-0.05, 0) is 30.5 Å². The molecule has 0 bridgehead atoms. The highest BCUT2D eigenvalue weighted by Crippen LogP contribution is 2.43. The highest BCUT2D eigenvalue weighted by atomic mass is 32.2. The van der Waals surface area contributed by atoms with Crippen molar-refractivity contribution in [2.24, 2.45) is 0 Å². The second kappa shape index (κ2) is 6.40. The third kappa shape index (κ3) is 3.22. The van der Waals surface area contributed by atoms with Crippen molar-refractivity contribution in [3.05, 3.63) is 65.7 Å². The van der Waals surface area contributed by atoms with Crippen LogP contribution in [0.25, 0.3) is 0 Å². The summed E-state index contributed by atoms with van der Waals surface area (Å²) in [5.74, 6) is -0.335. The Labute approximate surface area is 142 Å². The van der Waals surface area contributed by atoms with Crippen molar-refractivity contribution in [3.63, 3.8) is 0 Å². The zero-order valence-electron chi connectivity index (χ0n) is 13.7. The fraction of sp³-hybridized carbons (Fsp3) is 0.316. The van der Waals surface area contributed by atoms with Gasteiger partial charge < -0.3 is 5.32 Å². The third-order valence-corrected chi connectivity index (χ3v) is 5.97. The molecule has 2 aromatic carbocycles. The van der Waals surface area contributed by atoms with Crippen LogP contribution < -0.4 is 5.32 Å². The Balaban J connectivity index is 1.79. The first-order valence-electron chi connectivity index (χ1n) is 8.05. The average Bonchev–Trinajstić information content (AvgIpc) is 2.54. The summed E-state index contributed by atoms with van der Waals surface area (Å²) in [5, 5.41) is 2.95. The zero-order chi connectivity index (χ0) is 17.2. The van der Waals surface area contributed by atoms with Crippen LogP contribution in [0.15, 0.2) is 59.5 Å². The molecule has 1 N–H and O–H groups in total. The molecule has 0 atom stereocenters. The SMILES string of the molecule is CS(=O)(=O)c1ccccc1C(=O)NCC1(c2ccccc2)CCC1. The fourth-order valence-corrected chi connectivity index (χ4v) is 4.17. The van der Waals surface area contributed by atoms with E-state index in [4.69, 9.17) is 0 Å². The number of rotatable bonds is 5. The second-order valence-electron chi connectivity index (χ2n) is 6.45. The molecule has 1 amide bonds. The maximum absolute atomic E-state index is 12.6. The van der Waals surface area contributed by atoms with E-state index in [1.54, 1.807) is 18.2 Å². The maximum atomic E-state index is 12.6. The minimum atomic E-state index is -3.44. The predicted octanol–water partition coefficient (Wildman–Crippen LogP) is 2.94. The zero-order valence-corrected chi connectivity index (χ0v) is 14.5. The van der Waals surface area contributed by atoms with Crippen molar-refractivity contribution < 1.29 is 13.2 Å². The highest BCUT2D eigenvalue weighted by Gasteiger charge is 2.38. The Kier molecular flexibility index (Phi) is 4.45. The summed E-state index contributed by atoms with van der Waals surface area (Å²) in [4.78, 5) is 12.6. The molecule has 2 aromatic rings. The Hall–Kier alpha value is -2.14. The first kappa shape index (κ1) is 16.7. The molecule has 0 saturated heterocycles. The Morgan fingerprint density at radius 1 is 1.04 bits per heavy atom. The summed E-state index contributed by atoms with van der Waals surface area (Å²) in [5.41, 5.74) is 1.41. The first-order valence-corrected chi connectivity index (χ1v) is 9.94. The van der Waals surface area contributed by atoms with Crippen LogP contribution in [0.4, 0.5) is 0 Å². The van der Waals surface area contributed by atoms with E-state index in [9.17, 15) is 13.2 Å². The largest absolute Gasteiger partial charge is 0.351 e. The number of carbonyl (C=O) groups is 1. The molecule has 0 unspecified atom stereocenters. The molecule has 1 fully saturated rings. The molecule has 0 aliphatic heterocycles. The van der Waals surface area contributed by atoms with Crippen LogP contribution in [0.2, 0.25) is 0 Å². The van der Waals surface area contributed by atoms with Crippen LogP contribution in [0.1, 0.15) is 35.2 Å². The molecular weight excluding hydrogens is 322 g/mol. The quantitative estimate of drug-likeness (QED) is 0.908. The molecule has 1 aliphatic rings. The van der Waals surface area contributed by atoms with Crippen molar-refractivity contribution in [2.45, 2.75) is 29.6 Å². The van der Waals surface area contributed by atoms with E-state index < -0.39 is 9.84 Å². The summed E-state index contributed by atoms with van der Waals surface area (Å²) in [6.07, 6.45) is 4.33. The molecule has 0 spiro atoms. The number of hydrogen-bond acceptors (Lipinski definition) is 3. The molecule has 1 aliphatic carbocycles. The van der Waals surface area contributed by atoms with Gasteiger partial charge in [0, 0.05) is 18.2 Å². The lowest BCUT2D eigenvalue weighted by molar-refractivity contribution is 0.0924. The van der Waals surface area contributed by atoms with E-state index in [2.05, 4.69) is 17.4 Å². The first-order chi connectivity index (χ1) is 11.4. The van der Waals surface area contributed by atoms with E-state index in [1.807, 2.05) is 18.2 Å². The number of amides is 1. The summed E-state index contributed by atoms with van der Waals surface area (Å²) in [7, 11) is -3.44. The van der Waals surface area contributed by atoms with Crippen LogP contribution in [0, 0.1) is 0 Å². The van der Waals surface area contributed by atoms with Gasteiger partial charge in [-0.2, -0.15) is 0 Å². The summed E-state index contributed by atoms with van der Waals surface area (Å²) in [6.45, 7) is 0.522. The van der Waals surface area contributed by atoms with E-state index in [0.29, 0.717) is 6.54 Å². The number of carbonyl (C=O) groups excluding carboxylic acids is 1. The smallest absolute Gasteiger partial charge is 0.252 e. The van der Waals surface area contributed by atoms with Gasteiger partial charge in [0.1, 0.15) is 0 Å². The number of benzene rings is 2. The molecular formula is C19H21NO3S. The lowest BCUT2D eigenvalue weighted by Crippen LogP contribution is -2.45. The molecule has 4 nitrogen and oxygen atoms in total. The molecule has 0 aromatic heterocycles. The van der Waals surface area contributed by atoms with Gasteiger partial charge in [0.2, 0.25) is 0 Å². The minimum absolute atomic E-state index is 0.0308. The van der Waals surface area contributed by atoms with Crippen molar-refractivity contribution >= 4 is 15.7 Å². The Morgan fingerprint density at radius 3 is 2.25 bits per heavy atom. The Morgan fingerprint density at radius 2 is 1.67 bits per heavy atom. The van der Waals surface area contributed by atoms with Gasteiger partial charge in [0.15, 0.2) is 9.84 Å². The lowest BCUT2D eigenvalue weighted by atomic mass is 9.64. The van der Waals surface area contributed by atoms with Crippen LogP contribution >= 0.6 is 0 Å². The molecule has 126 valence electrons. The van der Waals surface area contributed by atoms with Gasteiger partial charge in [-0.1, -0.05) is 48.9 Å². The average molecular weight is 343 g/mol. The van der Waals surface area contributed by atoms with Gasteiger partial charge in [0.05, 0.1) is 10.5 Å². The third-order valence-electron chi connectivity index (χ3n) is 4.82. The molecule has 1 saturated carbocycles. The minimum Gasteiger partial charge on any atom is -0.351 e. The second-order valence-corrected chi connectivity index (χ2v) is 8.44. The monoisotopic (exact) mass is 343 g/mol. The number of sulfone groups is 1. The summed E-state index contributed by atoms with van der Waals surface area (Å²) < 4.78 is 23.7. The van der Waals surface area contributed by atoms with Crippen molar-refractivity contribution in [1.82, 2.24) is 5.32 Å². The van der Waals surface area contributed by atoms with E-state index >= 15 is 0 Å². The predicted molar refractivity (Wildman–Crippen MR) is 93.9 cm³/mol. The normalized spacial score (nSPS) is 16.2. The van der Waals surface area contributed by atoms with Crippen molar-refractivity contribution in [2.75, 3.05) is 12.8 Å². The lowest BCUT2D eigenvalue weighted by Gasteiger charge is -2.42. The molecule has 0 heterocycles. The Bertz CT molecular complexity index is 840. The van der Waals surface area contributed by atoms with Crippen molar-refractivity contribution in [3.8, 4) is 0 Å². The van der Waals surface area contributed by atoms with E-state index in [-0.39, 0.29) is 21.8 Å². The maximum Gasteiger partial charge on any atom is 0.252 e. The standard InChI is InChI=1S/C19H21NO3S/c1-24(22,23)17-11-6-5-10-16(17)18(21)20-14-19(12-7-13-19)15-8-3-2-4-9-15/h2-6,8-11H,7,12-14H2,1H3,(H,20,21). The van der Waals surface area contributed by atoms with Crippen LogP contribution in [-0.2, 0) is 15.3 Å².